The van der Waals surface area contributed by atoms with E-state index in [-0.39, 0.29) is 6.42 Å². The Morgan fingerprint density at radius 1 is 1.27 bits per heavy atom. The highest BCUT2D eigenvalue weighted by Crippen LogP contribution is 2.23. The number of carboxylic acids is 1. The fourth-order valence-electron chi connectivity index (χ4n) is 1.92. The van der Waals surface area contributed by atoms with Crippen LogP contribution in [0.15, 0.2) is 43.0 Å². The lowest BCUT2D eigenvalue weighted by molar-refractivity contribution is -0.160. The minimum Gasteiger partial charge on any atom is -0.480 e. The Morgan fingerprint density at radius 2 is 1.86 bits per heavy atom. The van der Waals surface area contributed by atoms with Crippen LogP contribution in [0.4, 0.5) is 13.2 Å². The smallest absolute Gasteiger partial charge is 0.391 e. The number of halogens is 3. The lowest BCUT2D eigenvalue weighted by atomic mass is 9.95. The number of benzene rings is 1. The van der Waals surface area contributed by atoms with Gasteiger partial charge in [0.2, 0.25) is 5.91 Å². The van der Waals surface area contributed by atoms with E-state index in [9.17, 15) is 22.8 Å². The summed E-state index contributed by atoms with van der Waals surface area (Å²) in [5, 5.41) is 10.7. The summed E-state index contributed by atoms with van der Waals surface area (Å²) in [5.41, 5.74) is 0.773. The molecule has 4 nitrogen and oxygen atoms in total. The molecule has 2 unspecified atom stereocenters. The Morgan fingerprint density at radius 3 is 2.32 bits per heavy atom. The van der Waals surface area contributed by atoms with Crippen molar-refractivity contribution >= 4 is 11.9 Å². The van der Waals surface area contributed by atoms with Crippen LogP contribution < -0.4 is 5.32 Å². The van der Waals surface area contributed by atoms with E-state index in [0.29, 0.717) is 0 Å². The summed E-state index contributed by atoms with van der Waals surface area (Å²) in [7, 11) is 0. The first-order chi connectivity index (χ1) is 10.2. The molecule has 0 bridgehead atoms. The second-order valence-corrected chi connectivity index (χ2v) is 4.73. The number of alkyl halides is 3. The van der Waals surface area contributed by atoms with Gasteiger partial charge in [-0.2, -0.15) is 13.2 Å². The molecule has 0 aliphatic carbocycles. The highest BCUT2D eigenvalue weighted by atomic mass is 19.4. The third-order valence-corrected chi connectivity index (χ3v) is 2.99. The molecule has 0 saturated heterocycles. The summed E-state index contributed by atoms with van der Waals surface area (Å²) in [6.45, 7) is 3.59. The Kier molecular flexibility index (Phi) is 6.15. The number of nitrogens with one attached hydrogen (secondary N) is 1. The molecule has 0 aliphatic heterocycles. The molecular formula is C15H16F3NO3. The van der Waals surface area contributed by atoms with Crippen molar-refractivity contribution < 1.29 is 27.9 Å². The van der Waals surface area contributed by atoms with Crippen molar-refractivity contribution in [2.45, 2.75) is 31.0 Å². The van der Waals surface area contributed by atoms with Gasteiger partial charge in [0, 0.05) is 12.3 Å². The van der Waals surface area contributed by atoms with E-state index in [1.165, 1.54) is 6.08 Å². The van der Waals surface area contributed by atoms with Gasteiger partial charge in [-0.3, -0.25) is 4.79 Å². The summed E-state index contributed by atoms with van der Waals surface area (Å²) < 4.78 is 36.8. The molecule has 1 rings (SSSR count). The second-order valence-electron chi connectivity index (χ2n) is 4.73. The van der Waals surface area contributed by atoms with E-state index in [2.05, 4.69) is 6.58 Å². The summed E-state index contributed by atoms with van der Waals surface area (Å²) in [4.78, 5) is 22.6. The highest BCUT2D eigenvalue weighted by molar-refractivity contribution is 5.84. The van der Waals surface area contributed by atoms with Crippen molar-refractivity contribution in [1.29, 1.82) is 0 Å². The van der Waals surface area contributed by atoms with Gasteiger partial charge in [-0.05, 0) is 5.56 Å². The van der Waals surface area contributed by atoms with Crippen molar-refractivity contribution in [2.75, 3.05) is 0 Å². The van der Waals surface area contributed by atoms with Gasteiger partial charge in [0.1, 0.15) is 6.04 Å². The molecule has 1 aromatic rings. The van der Waals surface area contributed by atoms with Gasteiger partial charge in [0.15, 0.2) is 0 Å². The standard InChI is InChI=1S/C15H16F3NO3/c1-2-10(11-6-4-3-5-7-11)8-13(20)19-12(14(21)22)9-15(16,17)18/h2-7,10,12H,1,8-9H2,(H,19,20)(H,21,22). The first-order valence-corrected chi connectivity index (χ1v) is 6.49. The SMILES string of the molecule is C=CC(CC(=O)NC(CC(F)(F)F)C(=O)O)c1ccccc1. The molecule has 0 aromatic heterocycles. The van der Waals surface area contributed by atoms with Gasteiger partial charge in [-0.25, -0.2) is 4.79 Å². The van der Waals surface area contributed by atoms with Crippen molar-refractivity contribution in [3.05, 3.63) is 48.6 Å². The van der Waals surface area contributed by atoms with E-state index in [1.54, 1.807) is 30.3 Å². The zero-order valence-electron chi connectivity index (χ0n) is 11.6. The first-order valence-electron chi connectivity index (χ1n) is 6.49. The van der Waals surface area contributed by atoms with Crippen LogP contribution in [0, 0.1) is 0 Å². The Hall–Kier alpha value is -2.31. The largest absolute Gasteiger partial charge is 0.480 e. The molecule has 120 valence electrons. The zero-order chi connectivity index (χ0) is 16.8. The number of rotatable bonds is 7. The van der Waals surface area contributed by atoms with Crippen LogP contribution in [0.5, 0.6) is 0 Å². The molecule has 0 heterocycles. The molecule has 0 fully saturated rings. The minimum absolute atomic E-state index is 0.171. The second kappa shape index (κ2) is 7.63. The molecule has 0 radical (unpaired) electrons. The normalized spacial score (nSPS) is 14.0. The number of hydrogen-bond donors (Lipinski definition) is 2. The summed E-state index contributed by atoms with van der Waals surface area (Å²) >= 11 is 0. The van der Waals surface area contributed by atoms with Crippen LogP contribution in [0.2, 0.25) is 0 Å². The number of carbonyl (C=O) groups is 2. The molecule has 1 amide bonds. The maximum atomic E-state index is 12.3. The predicted octanol–water partition coefficient (Wildman–Crippen LogP) is 2.87. The molecule has 0 spiro atoms. The monoisotopic (exact) mass is 315 g/mol. The van der Waals surface area contributed by atoms with Gasteiger partial charge >= 0.3 is 12.1 Å². The third kappa shape index (κ3) is 5.99. The van der Waals surface area contributed by atoms with Crippen molar-refractivity contribution in [3.8, 4) is 0 Å². The first kappa shape index (κ1) is 17.7. The van der Waals surface area contributed by atoms with Crippen molar-refractivity contribution in [3.63, 3.8) is 0 Å². The van der Waals surface area contributed by atoms with E-state index in [4.69, 9.17) is 5.11 Å². The maximum absolute atomic E-state index is 12.3. The molecule has 0 aliphatic rings. The summed E-state index contributed by atoms with van der Waals surface area (Å²) in [6, 6.07) is 6.82. The molecule has 2 N–H and O–H groups in total. The average molecular weight is 315 g/mol. The van der Waals surface area contributed by atoms with E-state index in [0.717, 1.165) is 5.56 Å². The number of carbonyl (C=O) groups excluding carboxylic acids is 1. The van der Waals surface area contributed by atoms with E-state index < -0.39 is 36.4 Å². The highest BCUT2D eigenvalue weighted by Gasteiger charge is 2.36. The fourth-order valence-corrected chi connectivity index (χ4v) is 1.92. The number of amides is 1. The topological polar surface area (TPSA) is 66.4 Å². The lowest BCUT2D eigenvalue weighted by Gasteiger charge is -2.18. The Bertz CT molecular complexity index is 529. The Balaban J connectivity index is 2.70. The lowest BCUT2D eigenvalue weighted by Crippen LogP contribution is -2.43. The van der Waals surface area contributed by atoms with E-state index in [1.807, 2.05) is 5.32 Å². The molecule has 22 heavy (non-hydrogen) atoms. The van der Waals surface area contributed by atoms with Crippen molar-refractivity contribution in [1.82, 2.24) is 5.32 Å². The average Bonchev–Trinajstić information content (AvgIpc) is 2.43. The molecule has 1 aromatic carbocycles. The molecule has 0 saturated carbocycles. The zero-order valence-corrected chi connectivity index (χ0v) is 11.6. The van der Waals surface area contributed by atoms with E-state index >= 15 is 0 Å². The number of aliphatic carboxylic acids is 1. The minimum atomic E-state index is -4.67. The van der Waals surface area contributed by atoms with Crippen LogP contribution in [-0.2, 0) is 9.59 Å². The number of hydrogen-bond acceptors (Lipinski definition) is 2. The van der Waals surface area contributed by atoms with Gasteiger partial charge in [0.25, 0.3) is 0 Å². The van der Waals surface area contributed by atoms with Gasteiger partial charge in [0.05, 0.1) is 6.42 Å². The molecular weight excluding hydrogens is 299 g/mol. The maximum Gasteiger partial charge on any atom is 0.391 e. The van der Waals surface area contributed by atoms with Gasteiger partial charge < -0.3 is 10.4 Å². The van der Waals surface area contributed by atoms with Crippen LogP contribution in [-0.4, -0.2) is 29.2 Å². The van der Waals surface area contributed by atoms with Crippen molar-refractivity contribution in [2.24, 2.45) is 0 Å². The summed E-state index contributed by atoms with van der Waals surface area (Å²) in [6.07, 6.45) is -4.96. The predicted molar refractivity (Wildman–Crippen MR) is 74.2 cm³/mol. The molecule has 2 atom stereocenters. The third-order valence-electron chi connectivity index (χ3n) is 2.99. The Labute approximate surface area is 125 Å². The summed E-state index contributed by atoms with van der Waals surface area (Å²) in [5.74, 6) is -2.90. The molecule has 7 heteroatoms. The fraction of sp³-hybridized carbons (Fsp3) is 0.333. The number of allylic oxidation sites excluding steroid dienone is 1. The van der Waals surface area contributed by atoms with Gasteiger partial charge in [-0.15, -0.1) is 6.58 Å². The van der Waals surface area contributed by atoms with Crippen LogP contribution in [0.3, 0.4) is 0 Å². The van der Waals surface area contributed by atoms with Crippen LogP contribution in [0.25, 0.3) is 0 Å². The number of carboxylic acid groups (broad SMARTS) is 1. The quantitative estimate of drug-likeness (QED) is 0.760. The van der Waals surface area contributed by atoms with Crippen LogP contribution in [0.1, 0.15) is 24.3 Å². The van der Waals surface area contributed by atoms with Gasteiger partial charge in [-0.1, -0.05) is 36.4 Å². The van der Waals surface area contributed by atoms with Crippen LogP contribution >= 0.6 is 0 Å².